The van der Waals surface area contributed by atoms with E-state index in [1.165, 1.54) is 0 Å². The van der Waals surface area contributed by atoms with Crippen LogP contribution in [0.3, 0.4) is 0 Å². The molecule has 0 atom stereocenters. The second-order valence-electron chi connectivity index (χ2n) is 9.83. The summed E-state index contributed by atoms with van der Waals surface area (Å²) >= 11 is 0. The second-order valence-corrected chi connectivity index (χ2v) is 9.83. The molecule has 1 heterocycles. The average Bonchev–Trinajstić information content (AvgIpc) is 3.56. The van der Waals surface area contributed by atoms with Gasteiger partial charge in [-0.25, -0.2) is 0 Å². The lowest BCUT2D eigenvalue weighted by atomic mass is 10.0. The van der Waals surface area contributed by atoms with E-state index in [1.807, 2.05) is 24.3 Å². The smallest absolute Gasteiger partial charge is 0.303 e. The van der Waals surface area contributed by atoms with Crippen molar-refractivity contribution in [3.05, 3.63) is 52.1 Å². The van der Waals surface area contributed by atoms with Gasteiger partial charge in [-0.1, -0.05) is 0 Å². The maximum Gasteiger partial charge on any atom is 0.303 e. The van der Waals surface area contributed by atoms with Gasteiger partial charge in [-0.2, -0.15) is 0 Å². The lowest BCUT2D eigenvalue weighted by molar-refractivity contribution is -0.141. The number of fused-ring (bicyclic) bond motifs is 2. The molecule has 1 aliphatic heterocycles. The van der Waals surface area contributed by atoms with Gasteiger partial charge in [0.1, 0.15) is 0 Å². The Morgan fingerprint density at radius 2 is 1.27 bits per heavy atom. The quantitative estimate of drug-likeness (QED) is 0.306. The third-order valence-electron chi connectivity index (χ3n) is 6.98. The number of allylic oxidation sites excluding steroid dienone is 1. The summed E-state index contributed by atoms with van der Waals surface area (Å²) in [5.41, 5.74) is 4.20. The molecule has 2 N–H and O–H groups in total. The predicted molar refractivity (Wildman–Crippen MR) is 146 cm³/mol. The Hall–Kier alpha value is -4.54. The highest BCUT2D eigenvalue weighted by atomic mass is 16.5. The number of methoxy groups -OCH3 is 2. The fourth-order valence-corrected chi connectivity index (χ4v) is 4.83. The van der Waals surface area contributed by atoms with Gasteiger partial charge in [0.25, 0.3) is 0 Å². The van der Waals surface area contributed by atoms with Gasteiger partial charge in [0.15, 0.2) is 28.8 Å². The molecule has 0 bridgehead atoms. The molecule has 2 aromatic carbocycles. The highest BCUT2D eigenvalue weighted by molar-refractivity contribution is 6.02. The van der Waals surface area contributed by atoms with Gasteiger partial charge in [0, 0.05) is 44.3 Å². The summed E-state index contributed by atoms with van der Waals surface area (Å²) in [7, 11) is 3.09. The fraction of sp³-hybridized carbons (Fsp3) is 0.400. The Balaban J connectivity index is 1.31. The molecule has 0 fully saturated rings. The van der Waals surface area contributed by atoms with Gasteiger partial charge in [-0.05, 0) is 52.6 Å². The first kappa shape index (κ1) is 29.4. The van der Waals surface area contributed by atoms with Gasteiger partial charge < -0.3 is 34.1 Å². The number of rotatable bonds is 15. The van der Waals surface area contributed by atoms with E-state index in [9.17, 15) is 19.2 Å². The molecule has 218 valence electrons. The summed E-state index contributed by atoms with van der Waals surface area (Å²) in [6, 6.07) is 7.35. The molecule has 2 aromatic rings. The zero-order chi connectivity index (χ0) is 29.5. The molecule has 1 aliphatic carbocycles. The number of aliphatic carboxylic acids is 2. The molecule has 1 amide bonds. The maximum atomic E-state index is 12.4. The summed E-state index contributed by atoms with van der Waals surface area (Å²) in [5, 5.41) is 17.7. The number of Topliss-reactive ketones (excluding diaryl/α,β-unsaturated/α-hetero) is 1. The van der Waals surface area contributed by atoms with Gasteiger partial charge in [-0.3, -0.25) is 19.2 Å². The molecule has 0 aromatic heterocycles. The van der Waals surface area contributed by atoms with Crippen LogP contribution in [0.15, 0.2) is 29.8 Å². The first-order valence-corrected chi connectivity index (χ1v) is 13.3. The summed E-state index contributed by atoms with van der Waals surface area (Å²) in [6.45, 7) is 1.46. The van der Waals surface area contributed by atoms with E-state index in [2.05, 4.69) is 0 Å². The Labute approximate surface area is 237 Å². The molecule has 11 heteroatoms. The van der Waals surface area contributed by atoms with E-state index in [-0.39, 0.29) is 37.4 Å². The zero-order valence-corrected chi connectivity index (χ0v) is 23.1. The van der Waals surface area contributed by atoms with E-state index >= 15 is 0 Å². The summed E-state index contributed by atoms with van der Waals surface area (Å²) in [6.07, 6.45) is 2.28. The zero-order valence-electron chi connectivity index (χ0n) is 23.1. The van der Waals surface area contributed by atoms with E-state index in [4.69, 9.17) is 29.2 Å². The first-order chi connectivity index (χ1) is 19.7. The number of hydrogen-bond acceptors (Lipinski definition) is 8. The Morgan fingerprint density at radius 1 is 0.732 bits per heavy atom. The average molecular weight is 568 g/mol. The number of carboxylic acid groups (broad SMARTS) is 2. The second kappa shape index (κ2) is 13.2. The molecule has 0 saturated heterocycles. The van der Waals surface area contributed by atoms with Crippen LogP contribution in [0.4, 0.5) is 0 Å². The number of ketones is 1. The largest absolute Gasteiger partial charge is 0.493 e. The molecular formula is C30H33NO10. The summed E-state index contributed by atoms with van der Waals surface area (Å²) < 4.78 is 22.9. The molecule has 11 nitrogen and oxygen atoms in total. The van der Waals surface area contributed by atoms with E-state index in [0.29, 0.717) is 67.7 Å². The number of benzene rings is 2. The van der Waals surface area contributed by atoms with Crippen molar-refractivity contribution in [2.75, 3.05) is 27.4 Å². The van der Waals surface area contributed by atoms with E-state index in [0.717, 1.165) is 22.3 Å². The van der Waals surface area contributed by atoms with Crippen LogP contribution in [0, 0.1) is 0 Å². The molecule has 0 radical (unpaired) electrons. The van der Waals surface area contributed by atoms with Crippen LogP contribution in [0.2, 0.25) is 0 Å². The highest BCUT2D eigenvalue weighted by Crippen LogP contribution is 2.37. The van der Waals surface area contributed by atoms with Crippen molar-refractivity contribution >= 4 is 29.7 Å². The van der Waals surface area contributed by atoms with Crippen molar-refractivity contribution < 1.29 is 48.3 Å². The standard InChI is InChI=1S/C30H33NO10/c1-38-24-12-18-10-20(23(32)4-6-29(34)35)11-19(18)13-26(24)40-8-3-9-41-27-15-22-17-31(28(33)5-7-30(36)37)16-21(22)14-25(27)39-2/h11-15H,3-10,16-17H2,1-2H3,(H,34,35)(H,36,37). The van der Waals surface area contributed by atoms with Crippen LogP contribution in [-0.4, -0.2) is 66.2 Å². The van der Waals surface area contributed by atoms with Gasteiger partial charge >= 0.3 is 11.9 Å². The number of carbonyl (C=O) groups excluding carboxylic acids is 2. The number of amides is 1. The van der Waals surface area contributed by atoms with Crippen molar-refractivity contribution in [1.29, 1.82) is 0 Å². The van der Waals surface area contributed by atoms with Crippen molar-refractivity contribution in [1.82, 2.24) is 4.90 Å². The van der Waals surface area contributed by atoms with Gasteiger partial charge in [0.05, 0.1) is 40.3 Å². The number of ether oxygens (including phenoxy) is 4. The molecule has 4 rings (SSSR count). The minimum absolute atomic E-state index is 0.0339. The van der Waals surface area contributed by atoms with Crippen LogP contribution in [-0.2, 0) is 38.7 Å². The maximum absolute atomic E-state index is 12.4. The lowest BCUT2D eigenvalue weighted by Crippen LogP contribution is -2.25. The Morgan fingerprint density at radius 3 is 1.85 bits per heavy atom. The Kier molecular flexibility index (Phi) is 9.49. The number of carboxylic acids is 2. The van der Waals surface area contributed by atoms with E-state index < -0.39 is 11.9 Å². The SMILES string of the molecule is COc1cc2c(cc1OCCCOc1cc3c(cc1OC)CN(C(=O)CCC(=O)O)C3)C=C(C(=O)CCC(=O)O)C2. The normalized spacial score (nSPS) is 13.2. The minimum atomic E-state index is -1.00. The van der Waals surface area contributed by atoms with Crippen molar-refractivity contribution in [2.45, 2.75) is 51.6 Å². The molecule has 41 heavy (non-hydrogen) atoms. The molecular weight excluding hydrogens is 534 g/mol. The van der Waals surface area contributed by atoms with Crippen molar-refractivity contribution in [2.24, 2.45) is 0 Å². The number of nitrogens with zero attached hydrogens (tertiary/aromatic N) is 1. The van der Waals surface area contributed by atoms with Crippen LogP contribution < -0.4 is 18.9 Å². The Bertz CT molecular complexity index is 1380. The number of hydrogen-bond donors (Lipinski definition) is 2. The number of carbonyl (C=O) groups is 4. The molecule has 2 aliphatic rings. The molecule has 0 saturated carbocycles. The first-order valence-electron chi connectivity index (χ1n) is 13.3. The summed E-state index contributed by atoms with van der Waals surface area (Å²) in [5.74, 6) is -0.222. The van der Waals surface area contributed by atoms with Gasteiger partial charge in [0.2, 0.25) is 5.91 Å². The van der Waals surface area contributed by atoms with Crippen LogP contribution in [0.5, 0.6) is 23.0 Å². The highest BCUT2D eigenvalue weighted by Gasteiger charge is 2.26. The monoisotopic (exact) mass is 567 g/mol. The summed E-state index contributed by atoms with van der Waals surface area (Å²) in [4.78, 5) is 47.9. The predicted octanol–water partition coefficient (Wildman–Crippen LogP) is 3.63. The third-order valence-corrected chi connectivity index (χ3v) is 6.98. The minimum Gasteiger partial charge on any atom is -0.493 e. The lowest BCUT2D eigenvalue weighted by Gasteiger charge is -2.14. The fourth-order valence-electron chi connectivity index (χ4n) is 4.83. The van der Waals surface area contributed by atoms with Crippen LogP contribution >= 0.6 is 0 Å². The van der Waals surface area contributed by atoms with Crippen molar-refractivity contribution in [3.63, 3.8) is 0 Å². The van der Waals surface area contributed by atoms with Crippen LogP contribution in [0.1, 0.15) is 54.4 Å². The van der Waals surface area contributed by atoms with Crippen molar-refractivity contribution in [3.8, 4) is 23.0 Å². The van der Waals surface area contributed by atoms with Gasteiger partial charge in [-0.15, -0.1) is 0 Å². The topological polar surface area (TPSA) is 149 Å². The molecule has 0 spiro atoms. The van der Waals surface area contributed by atoms with Crippen LogP contribution in [0.25, 0.3) is 6.08 Å². The third kappa shape index (κ3) is 7.36. The van der Waals surface area contributed by atoms with E-state index in [1.54, 1.807) is 25.2 Å². The molecule has 0 unspecified atom stereocenters.